The van der Waals surface area contributed by atoms with Crippen molar-refractivity contribution in [3.05, 3.63) is 59.9 Å². The van der Waals surface area contributed by atoms with Crippen LogP contribution < -0.4 is 16.0 Å². The maximum absolute atomic E-state index is 14.2. The third-order valence-corrected chi connectivity index (χ3v) is 4.16. The fourth-order valence-corrected chi connectivity index (χ4v) is 2.86. The predicted molar refractivity (Wildman–Crippen MR) is 122 cm³/mol. The van der Waals surface area contributed by atoms with Crippen LogP contribution in [-0.2, 0) is 14.3 Å². The van der Waals surface area contributed by atoms with Gasteiger partial charge in [0.2, 0.25) is 5.91 Å². The van der Waals surface area contributed by atoms with Gasteiger partial charge in [0.25, 0.3) is 5.91 Å². The fraction of sp³-hybridized carbons (Fsp3) is 0.375. The van der Waals surface area contributed by atoms with Gasteiger partial charge in [-0.25, -0.2) is 9.18 Å². The Balaban J connectivity index is 2.20. The number of halogens is 1. The minimum absolute atomic E-state index is 0.132. The zero-order valence-electron chi connectivity index (χ0n) is 19.0. The zero-order valence-corrected chi connectivity index (χ0v) is 19.0. The summed E-state index contributed by atoms with van der Waals surface area (Å²) in [5.41, 5.74) is -0.0290. The number of benzene rings is 2. The standard InChI is InChI=1S/C24H30FN3O4/c1-15(2)13-20(29)28-21(16-9-7-6-8-10-16)22(30)26-17-11-12-18(25)19(14-17)27-23(31)32-24(3,4)5/h6-12,14-15,21H,13H2,1-5H3,(H,26,30)(H,27,31)(H,28,29). The Hall–Kier alpha value is -3.42. The molecule has 0 fully saturated rings. The Kier molecular flexibility index (Phi) is 8.34. The lowest BCUT2D eigenvalue weighted by Crippen LogP contribution is -2.37. The SMILES string of the molecule is CC(C)CC(=O)NC(C(=O)Nc1ccc(F)c(NC(=O)OC(C)(C)C)c1)c1ccccc1. The maximum Gasteiger partial charge on any atom is 0.412 e. The lowest BCUT2D eigenvalue weighted by Gasteiger charge is -2.21. The van der Waals surface area contributed by atoms with Gasteiger partial charge in [0, 0.05) is 12.1 Å². The molecule has 2 aromatic carbocycles. The van der Waals surface area contributed by atoms with Gasteiger partial charge >= 0.3 is 6.09 Å². The highest BCUT2D eigenvalue weighted by Crippen LogP contribution is 2.23. The van der Waals surface area contributed by atoms with E-state index in [1.54, 1.807) is 45.0 Å². The summed E-state index contributed by atoms with van der Waals surface area (Å²) in [4.78, 5) is 37.3. The molecule has 1 atom stereocenters. The summed E-state index contributed by atoms with van der Waals surface area (Å²) in [6.45, 7) is 8.90. The van der Waals surface area contributed by atoms with E-state index in [9.17, 15) is 18.8 Å². The van der Waals surface area contributed by atoms with E-state index < -0.39 is 29.5 Å². The normalized spacial score (nSPS) is 12.1. The average molecular weight is 444 g/mol. The third kappa shape index (κ3) is 8.02. The highest BCUT2D eigenvalue weighted by atomic mass is 19.1. The maximum atomic E-state index is 14.2. The van der Waals surface area contributed by atoms with Crippen molar-refractivity contribution in [3.63, 3.8) is 0 Å². The van der Waals surface area contributed by atoms with Crippen LogP contribution in [0.4, 0.5) is 20.6 Å². The van der Waals surface area contributed by atoms with Gasteiger partial charge < -0.3 is 15.4 Å². The van der Waals surface area contributed by atoms with Crippen LogP contribution in [0.15, 0.2) is 48.5 Å². The van der Waals surface area contributed by atoms with Gasteiger partial charge in [-0.1, -0.05) is 44.2 Å². The Bertz CT molecular complexity index is 955. The third-order valence-electron chi connectivity index (χ3n) is 4.16. The summed E-state index contributed by atoms with van der Waals surface area (Å²) in [6, 6.07) is 11.7. The molecule has 2 rings (SSSR count). The van der Waals surface area contributed by atoms with Gasteiger partial charge in [-0.3, -0.25) is 14.9 Å². The first kappa shape index (κ1) is 24.8. The van der Waals surface area contributed by atoms with Gasteiger partial charge in [-0.15, -0.1) is 0 Å². The lowest BCUT2D eigenvalue weighted by atomic mass is 10.0. The van der Waals surface area contributed by atoms with E-state index in [0.29, 0.717) is 5.56 Å². The zero-order chi connectivity index (χ0) is 23.9. The smallest absolute Gasteiger partial charge is 0.412 e. The summed E-state index contributed by atoms with van der Waals surface area (Å²) in [5.74, 6) is -1.30. The minimum atomic E-state index is -0.935. The van der Waals surface area contributed by atoms with Gasteiger partial charge in [-0.05, 0) is 50.5 Å². The number of hydrogen-bond donors (Lipinski definition) is 3. The van der Waals surface area contributed by atoms with Crippen molar-refractivity contribution in [1.82, 2.24) is 5.32 Å². The molecule has 172 valence electrons. The van der Waals surface area contributed by atoms with Crippen LogP contribution in [-0.4, -0.2) is 23.5 Å². The summed E-state index contributed by atoms with van der Waals surface area (Å²) < 4.78 is 19.3. The van der Waals surface area contributed by atoms with Crippen LogP contribution in [0.25, 0.3) is 0 Å². The first-order valence-corrected chi connectivity index (χ1v) is 10.4. The molecule has 7 nitrogen and oxygen atoms in total. The fourth-order valence-electron chi connectivity index (χ4n) is 2.86. The van der Waals surface area contributed by atoms with Crippen molar-refractivity contribution < 1.29 is 23.5 Å². The van der Waals surface area contributed by atoms with E-state index >= 15 is 0 Å². The molecule has 0 saturated carbocycles. The van der Waals surface area contributed by atoms with E-state index in [1.165, 1.54) is 12.1 Å². The molecule has 0 radical (unpaired) electrons. The molecule has 0 aliphatic heterocycles. The highest BCUT2D eigenvalue weighted by Gasteiger charge is 2.24. The summed E-state index contributed by atoms with van der Waals surface area (Å²) in [7, 11) is 0. The predicted octanol–water partition coefficient (Wildman–Crippen LogP) is 5.01. The van der Waals surface area contributed by atoms with Crippen molar-refractivity contribution in [1.29, 1.82) is 0 Å². The van der Waals surface area contributed by atoms with E-state index in [0.717, 1.165) is 6.07 Å². The van der Waals surface area contributed by atoms with E-state index in [1.807, 2.05) is 19.9 Å². The first-order chi connectivity index (χ1) is 14.9. The highest BCUT2D eigenvalue weighted by molar-refractivity contribution is 5.98. The molecular weight excluding hydrogens is 413 g/mol. The van der Waals surface area contributed by atoms with E-state index in [2.05, 4.69) is 16.0 Å². The number of rotatable bonds is 7. The first-order valence-electron chi connectivity index (χ1n) is 10.4. The second kappa shape index (κ2) is 10.7. The summed E-state index contributed by atoms with van der Waals surface area (Å²) in [6.07, 6.45) is -0.542. The van der Waals surface area contributed by atoms with Crippen LogP contribution in [0, 0.1) is 11.7 Å². The topological polar surface area (TPSA) is 96.5 Å². The van der Waals surface area contributed by atoms with E-state index in [4.69, 9.17) is 4.74 Å². The second-order valence-corrected chi connectivity index (χ2v) is 8.82. The van der Waals surface area contributed by atoms with Gasteiger partial charge in [0.05, 0.1) is 5.69 Å². The number of carbonyl (C=O) groups is 3. The van der Waals surface area contributed by atoms with Crippen LogP contribution >= 0.6 is 0 Å². The Morgan fingerprint density at radius 1 is 1.00 bits per heavy atom. The molecule has 8 heteroatoms. The quantitative estimate of drug-likeness (QED) is 0.560. The van der Waals surface area contributed by atoms with Crippen molar-refractivity contribution in [2.45, 2.75) is 52.7 Å². The Morgan fingerprint density at radius 3 is 2.25 bits per heavy atom. The van der Waals surface area contributed by atoms with Crippen molar-refractivity contribution >= 4 is 29.3 Å². The van der Waals surface area contributed by atoms with Crippen molar-refractivity contribution in [3.8, 4) is 0 Å². The van der Waals surface area contributed by atoms with Crippen LogP contribution in [0.2, 0.25) is 0 Å². The molecule has 32 heavy (non-hydrogen) atoms. The number of ether oxygens (including phenoxy) is 1. The lowest BCUT2D eigenvalue weighted by molar-refractivity contribution is -0.127. The molecule has 0 bridgehead atoms. The van der Waals surface area contributed by atoms with Crippen LogP contribution in [0.3, 0.4) is 0 Å². The molecule has 0 heterocycles. The summed E-state index contributed by atoms with van der Waals surface area (Å²) in [5, 5.41) is 7.77. The second-order valence-electron chi connectivity index (χ2n) is 8.82. The molecule has 0 saturated heterocycles. The molecule has 0 aliphatic carbocycles. The largest absolute Gasteiger partial charge is 0.444 e. The minimum Gasteiger partial charge on any atom is -0.444 e. The Morgan fingerprint density at radius 2 is 1.66 bits per heavy atom. The van der Waals surface area contributed by atoms with Gasteiger partial charge in [-0.2, -0.15) is 0 Å². The van der Waals surface area contributed by atoms with Crippen LogP contribution in [0.1, 0.15) is 52.6 Å². The molecule has 3 N–H and O–H groups in total. The molecule has 3 amide bonds. The molecule has 0 aliphatic rings. The molecule has 1 unspecified atom stereocenters. The monoisotopic (exact) mass is 443 g/mol. The summed E-state index contributed by atoms with van der Waals surface area (Å²) >= 11 is 0. The number of nitrogens with one attached hydrogen (secondary N) is 3. The molecule has 0 spiro atoms. The van der Waals surface area contributed by atoms with Crippen molar-refractivity contribution in [2.24, 2.45) is 5.92 Å². The van der Waals surface area contributed by atoms with Gasteiger partial charge in [0.15, 0.2) is 0 Å². The number of anilines is 2. The van der Waals surface area contributed by atoms with Gasteiger partial charge in [0.1, 0.15) is 17.5 Å². The Labute approximate surface area is 187 Å². The number of carbonyl (C=O) groups excluding carboxylic acids is 3. The van der Waals surface area contributed by atoms with Crippen LogP contribution in [0.5, 0.6) is 0 Å². The molecule has 0 aromatic heterocycles. The van der Waals surface area contributed by atoms with Crippen molar-refractivity contribution in [2.75, 3.05) is 10.6 Å². The molecular formula is C24H30FN3O4. The van der Waals surface area contributed by atoms with E-state index in [-0.39, 0.29) is 29.6 Å². The average Bonchev–Trinajstić information content (AvgIpc) is 2.67. The number of hydrogen-bond acceptors (Lipinski definition) is 4. The number of amides is 3. The molecule has 2 aromatic rings.